The first kappa shape index (κ1) is 22.2. The number of carbonyl (C=O) groups is 3. The number of nitrogens with zero attached hydrogens (tertiary/aromatic N) is 2. The molecule has 1 aliphatic heterocycles. The topological polar surface area (TPSA) is 128 Å². The number of ether oxygens (including phenoxy) is 2. The van der Waals surface area contributed by atoms with Gasteiger partial charge in [0.25, 0.3) is 17.5 Å². The predicted molar refractivity (Wildman–Crippen MR) is 121 cm³/mol. The van der Waals surface area contributed by atoms with Gasteiger partial charge in [0.05, 0.1) is 23.3 Å². The van der Waals surface area contributed by atoms with Crippen molar-refractivity contribution < 1.29 is 28.8 Å². The Morgan fingerprint density at radius 3 is 2.50 bits per heavy atom. The van der Waals surface area contributed by atoms with Gasteiger partial charge >= 0.3 is 5.97 Å². The van der Waals surface area contributed by atoms with E-state index in [1.807, 2.05) is 0 Å². The van der Waals surface area contributed by atoms with E-state index in [-0.39, 0.29) is 28.1 Å². The highest BCUT2D eigenvalue weighted by Gasteiger charge is 2.34. The number of rotatable bonds is 6. The fourth-order valence-electron chi connectivity index (χ4n) is 3.24. The molecule has 1 N–H and O–H groups in total. The number of benzene rings is 3. The van der Waals surface area contributed by atoms with Crippen molar-refractivity contribution >= 4 is 35.2 Å². The molecule has 0 bridgehead atoms. The number of hydrazine groups is 1. The Hall–Kier alpha value is -4.99. The first-order chi connectivity index (χ1) is 16.4. The van der Waals surface area contributed by atoms with Crippen molar-refractivity contribution in [1.29, 1.82) is 0 Å². The van der Waals surface area contributed by atoms with Gasteiger partial charge in [-0.1, -0.05) is 24.3 Å². The van der Waals surface area contributed by atoms with Crippen LogP contribution in [0.3, 0.4) is 0 Å². The first-order valence-electron chi connectivity index (χ1n) is 9.94. The number of nitro benzene ring substituents is 1. The molecule has 0 radical (unpaired) electrons. The van der Waals surface area contributed by atoms with Crippen LogP contribution in [-0.2, 0) is 9.59 Å². The monoisotopic (exact) mass is 459 g/mol. The van der Waals surface area contributed by atoms with E-state index in [9.17, 15) is 24.5 Å². The van der Waals surface area contributed by atoms with Gasteiger partial charge in [-0.15, -0.1) is 0 Å². The number of nitro groups is 1. The summed E-state index contributed by atoms with van der Waals surface area (Å²) in [5.74, 6) is -1.74. The lowest BCUT2D eigenvalue weighted by Crippen LogP contribution is -2.35. The Morgan fingerprint density at radius 1 is 1.03 bits per heavy atom. The highest BCUT2D eigenvalue weighted by atomic mass is 16.6. The largest absolute Gasteiger partial charge is 0.497 e. The summed E-state index contributed by atoms with van der Waals surface area (Å²) in [6.07, 6.45) is 1.15. The predicted octanol–water partition coefficient (Wildman–Crippen LogP) is 3.28. The molecule has 0 saturated carbocycles. The molecule has 1 heterocycles. The standard InChI is InChI=1S/C24H17N3O7/c1-33-19-9-5-6-15(13-19)24(30)34-21-11-10-18(27(31)32)12-16(21)14-20-22(28)25-26(23(20)29)17-7-3-2-4-8-17/h2-14H,1H3,(H,25,28)/b20-14-. The number of esters is 1. The second kappa shape index (κ2) is 9.25. The molecule has 0 aliphatic carbocycles. The average molecular weight is 459 g/mol. The third kappa shape index (κ3) is 4.46. The average Bonchev–Trinajstić information content (AvgIpc) is 3.13. The lowest BCUT2D eigenvalue weighted by molar-refractivity contribution is -0.384. The van der Waals surface area contributed by atoms with E-state index in [0.29, 0.717) is 11.4 Å². The summed E-state index contributed by atoms with van der Waals surface area (Å²) in [6.45, 7) is 0. The highest BCUT2D eigenvalue weighted by molar-refractivity contribution is 6.31. The van der Waals surface area contributed by atoms with Crippen molar-refractivity contribution in [2.45, 2.75) is 0 Å². The van der Waals surface area contributed by atoms with Crippen LogP contribution in [-0.4, -0.2) is 29.8 Å². The van der Waals surface area contributed by atoms with Gasteiger partial charge in [0.2, 0.25) is 0 Å². The Labute approximate surface area is 193 Å². The molecule has 0 unspecified atom stereocenters. The highest BCUT2D eigenvalue weighted by Crippen LogP contribution is 2.29. The molecule has 1 fully saturated rings. The van der Waals surface area contributed by atoms with Crippen LogP contribution in [0.2, 0.25) is 0 Å². The maximum atomic E-state index is 12.9. The van der Waals surface area contributed by atoms with Crippen LogP contribution in [0.15, 0.2) is 78.4 Å². The number of non-ortho nitro benzene ring substituents is 1. The molecule has 0 atom stereocenters. The molecule has 1 aliphatic rings. The number of carbonyl (C=O) groups excluding carboxylic acids is 3. The minimum atomic E-state index is -0.750. The van der Waals surface area contributed by atoms with E-state index in [0.717, 1.165) is 23.2 Å². The summed E-state index contributed by atoms with van der Waals surface area (Å²) in [5.41, 5.74) is 2.50. The van der Waals surface area contributed by atoms with Gasteiger partial charge in [0.15, 0.2) is 0 Å². The van der Waals surface area contributed by atoms with Crippen LogP contribution < -0.4 is 19.9 Å². The number of para-hydroxylation sites is 1. The Balaban J connectivity index is 1.70. The maximum absolute atomic E-state index is 12.9. The SMILES string of the molecule is COc1cccc(C(=O)Oc2ccc([N+](=O)[O-])cc2/C=C2/C(=O)NN(c3ccccc3)C2=O)c1. The molecular weight excluding hydrogens is 442 g/mol. The summed E-state index contributed by atoms with van der Waals surface area (Å²) in [5, 5.41) is 12.4. The van der Waals surface area contributed by atoms with Gasteiger partial charge in [-0.3, -0.25) is 25.1 Å². The second-order valence-corrected chi connectivity index (χ2v) is 7.08. The molecule has 4 rings (SSSR count). The summed E-state index contributed by atoms with van der Waals surface area (Å²) in [7, 11) is 1.45. The van der Waals surface area contributed by atoms with Gasteiger partial charge in [-0.25, -0.2) is 9.80 Å². The summed E-state index contributed by atoms with van der Waals surface area (Å²) in [6, 6.07) is 18.2. The van der Waals surface area contributed by atoms with Crippen LogP contribution in [0.5, 0.6) is 11.5 Å². The Bertz CT molecular complexity index is 1340. The molecule has 3 aromatic rings. The third-order valence-electron chi connectivity index (χ3n) is 4.92. The van der Waals surface area contributed by atoms with Crippen LogP contribution in [0.25, 0.3) is 6.08 Å². The van der Waals surface area contributed by atoms with Crippen molar-refractivity contribution in [1.82, 2.24) is 5.43 Å². The number of hydrogen-bond donors (Lipinski definition) is 1. The van der Waals surface area contributed by atoms with E-state index in [1.165, 1.54) is 25.3 Å². The lowest BCUT2D eigenvalue weighted by atomic mass is 10.1. The summed E-state index contributed by atoms with van der Waals surface area (Å²) >= 11 is 0. The molecule has 0 spiro atoms. The maximum Gasteiger partial charge on any atom is 0.343 e. The quantitative estimate of drug-likeness (QED) is 0.150. The zero-order valence-corrected chi connectivity index (χ0v) is 17.8. The van der Waals surface area contributed by atoms with E-state index < -0.39 is 22.7 Å². The molecule has 170 valence electrons. The third-order valence-corrected chi connectivity index (χ3v) is 4.92. The van der Waals surface area contributed by atoms with Gasteiger partial charge in [0.1, 0.15) is 17.1 Å². The summed E-state index contributed by atoms with van der Waals surface area (Å²) < 4.78 is 10.5. The Kier molecular flexibility index (Phi) is 6.04. The fraction of sp³-hybridized carbons (Fsp3) is 0.0417. The minimum absolute atomic E-state index is 0.0128. The molecular formula is C24H17N3O7. The Morgan fingerprint density at radius 2 is 1.79 bits per heavy atom. The van der Waals surface area contributed by atoms with Crippen molar-refractivity contribution in [3.05, 3.63) is 99.6 Å². The number of anilines is 1. The first-order valence-corrected chi connectivity index (χ1v) is 9.94. The van der Waals surface area contributed by atoms with Crippen LogP contribution in [0.1, 0.15) is 15.9 Å². The van der Waals surface area contributed by atoms with Crippen LogP contribution in [0.4, 0.5) is 11.4 Å². The lowest BCUT2D eigenvalue weighted by Gasteiger charge is -2.14. The van der Waals surface area contributed by atoms with E-state index in [2.05, 4.69) is 5.43 Å². The second-order valence-electron chi connectivity index (χ2n) is 7.08. The molecule has 0 aromatic heterocycles. The van der Waals surface area contributed by atoms with E-state index in [1.54, 1.807) is 42.5 Å². The molecule has 10 heteroatoms. The molecule has 1 saturated heterocycles. The van der Waals surface area contributed by atoms with Gasteiger partial charge in [0, 0.05) is 17.7 Å². The normalized spacial score (nSPS) is 14.1. The van der Waals surface area contributed by atoms with Crippen LogP contribution in [0, 0.1) is 10.1 Å². The summed E-state index contributed by atoms with van der Waals surface area (Å²) in [4.78, 5) is 48.7. The van der Waals surface area contributed by atoms with Gasteiger partial charge in [-0.2, -0.15) is 0 Å². The van der Waals surface area contributed by atoms with Gasteiger partial charge in [-0.05, 0) is 42.5 Å². The zero-order chi connectivity index (χ0) is 24.2. The molecule has 3 aromatic carbocycles. The van der Waals surface area contributed by atoms with E-state index >= 15 is 0 Å². The molecule has 10 nitrogen and oxygen atoms in total. The van der Waals surface area contributed by atoms with Crippen molar-refractivity contribution in [3.63, 3.8) is 0 Å². The number of methoxy groups -OCH3 is 1. The fourth-order valence-corrected chi connectivity index (χ4v) is 3.24. The minimum Gasteiger partial charge on any atom is -0.497 e. The van der Waals surface area contributed by atoms with Gasteiger partial charge < -0.3 is 9.47 Å². The number of hydrogen-bond acceptors (Lipinski definition) is 7. The van der Waals surface area contributed by atoms with Crippen molar-refractivity contribution in [2.75, 3.05) is 12.1 Å². The number of nitrogens with one attached hydrogen (secondary N) is 1. The zero-order valence-electron chi connectivity index (χ0n) is 17.8. The smallest absolute Gasteiger partial charge is 0.343 e. The number of amides is 2. The van der Waals surface area contributed by atoms with E-state index in [4.69, 9.17) is 9.47 Å². The molecule has 34 heavy (non-hydrogen) atoms. The van der Waals surface area contributed by atoms with Crippen molar-refractivity contribution in [2.24, 2.45) is 0 Å². The molecule has 2 amide bonds. The van der Waals surface area contributed by atoms with Crippen molar-refractivity contribution in [3.8, 4) is 11.5 Å². The van der Waals surface area contributed by atoms with Crippen LogP contribution >= 0.6 is 0 Å².